The first-order valence-corrected chi connectivity index (χ1v) is 7.19. The zero-order chi connectivity index (χ0) is 14.1. The molecule has 100 valence electrons. The van der Waals surface area contributed by atoms with Gasteiger partial charge in [-0.15, -0.1) is 0 Å². The Balaban J connectivity index is 1.85. The van der Waals surface area contributed by atoms with Crippen LogP contribution in [0.3, 0.4) is 0 Å². The summed E-state index contributed by atoms with van der Waals surface area (Å²) in [5.41, 5.74) is 4.85. The van der Waals surface area contributed by atoms with Gasteiger partial charge in [-0.25, -0.2) is 4.98 Å². The number of aromatic amines is 1. The van der Waals surface area contributed by atoms with E-state index in [0.717, 1.165) is 28.4 Å². The van der Waals surface area contributed by atoms with E-state index in [4.69, 9.17) is 0 Å². The first kappa shape index (κ1) is 12.9. The number of aromatic nitrogens is 2. The van der Waals surface area contributed by atoms with Gasteiger partial charge >= 0.3 is 0 Å². The third-order valence-electron chi connectivity index (χ3n) is 3.09. The maximum atomic E-state index is 12.2. The highest BCUT2D eigenvalue weighted by atomic mass is 32.2. The van der Waals surface area contributed by atoms with Gasteiger partial charge < -0.3 is 4.98 Å². The Labute approximate surface area is 121 Å². The first-order chi connectivity index (χ1) is 9.61. The molecular formula is C16H14N2OS. The number of nitrogens with one attached hydrogen (secondary N) is 1. The van der Waals surface area contributed by atoms with Crippen LogP contribution < -0.4 is 0 Å². The lowest BCUT2D eigenvalue weighted by Crippen LogP contribution is -1.93. The normalized spacial score (nSPS) is 10.9. The molecule has 0 aliphatic rings. The largest absolute Gasteiger partial charge is 0.333 e. The van der Waals surface area contributed by atoms with Crippen LogP contribution in [0.4, 0.5) is 0 Å². The van der Waals surface area contributed by atoms with Crippen molar-refractivity contribution in [2.45, 2.75) is 19.0 Å². The fraction of sp³-hybridized carbons (Fsp3) is 0.125. The van der Waals surface area contributed by atoms with Crippen LogP contribution in [0.2, 0.25) is 0 Å². The molecule has 1 aromatic heterocycles. The third kappa shape index (κ3) is 2.60. The Morgan fingerprint density at radius 2 is 1.75 bits per heavy atom. The van der Waals surface area contributed by atoms with Crippen LogP contribution in [0.5, 0.6) is 0 Å². The van der Waals surface area contributed by atoms with Crippen LogP contribution in [0.15, 0.2) is 47.6 Å². The number of thioether (sulfide) groups is 1. The Kier molecular flexibility index (Phi) is 3.32. The van der Waals surface area contributed by atoms with Crippen molar-refractivity contribution in [1.82, 2.24) is 9.97 Å². The molecule has 2 aromatic carbocycles. The Hall–Kier alpha value is -2.07. The van der Waals surface area contributed by atoms with Crippen molar-refractivity contribution in [3.63, 3.8) is 0 Å². The fourth-order valence-electron chi connectivity index (χ4n) is 1.98. The number of carbonyl (C=O) groups excluding carboxylic acids is 1. The zero-order valence-corrected chi connectivity index (χ0v) is 12.1. The standard InChI is InChI=1S/C16H14N2OS/c1-10-3-6-12(7-4-10)15(19)20-16-17-13-8-5-11(2)9-14(13)18-16/h3-9H,1-2H3,(H,17,18). The summed E-state index contributed by atoms with van der Waals surface area (Å²) in [6, 6.07) is 13.6. The van der Waals surface area contributed by atoms with E-state index in [-0.39, 0.29) is 5.12 Å². The second-order valence-corrected chi connectivity index (χ2v) is 5.78. The highest BCUT2D eigenvalue weighted by molar-refractivity contribution is 8.14. The number of hydrogen-bond acceptors (Lipinski definition) is 3. The number of imidazole rings is 1. The molecule has 1 N–H and O–H groups in total. The minimum atomic E-state index is 0.000720. The lowest BCUT2D eigenvalue weighted by atomic mass is 10.2. The van der Waals surface area contributed by atoms with Gasteiger partial charge in [0.05, 0.1) is 11.0 Å². The number of rotatable bonds is 2. The number of carbonyl (C=O) groups is 1. The van der Waals surface area contributed by atoms with Gasteiger partial charge in [0.15, 0.2) is 5.16 Å². The minimum Gasteiger partial charge on any atom is -0.333 e. The summed E-state index contributed by atoms with van der Waals surface area (Å²) >= 11 is 1.13. The smallest absolute Gasteiger partial charge is 0.227 e. The molecule has 0 fully saturated rings. The van der Waals surface area contributed by atoms with Crippen LogP contribution in [0.25, 0.3) is 11.0 Å². The summed E-state index contributed by atoms with van der Waals surface area (Å²) in [4.78, 5) is 19.8. The lowest BCUT2D eigenvalue weighted by Gasteiger charge is -1.98. The zero-order valence-electron chi connectivity index (χ0n) is 11.3. The highest BCUT2D eigenvalue weighted by Gasteiger charge is 2.11. The molecule has 0 saturated heterocycles. The van der Waals surface area contributed by atoms with Crippen LogP contribution in [-0.2, 0) is 0 Å². The number of H-pyrrole nitrogens is 1. The van der Waals surface area contributed by atoms with Gasteiger partial charge in [-0.05, 0) is 43.3 Å². The Morgan fingerprint density at radius 1 is 1.05 bits per heavy atom. The molecule has 3 rings (SSSR count). The van der Waals surface area contributed by atoms with Crippen molar-refractivity contribution in [1.29, 1.82) is 0 Å². The average Bonchev–Trinajstić information content (AvgIpc) is 2.80. The molecule has 0 bridgehead atoms. The van der Waals surface area contributed by atoms with Crippen LogP contribution in [0.1, 0.15) is 21.5 Å². The third-order valence-corrected chi connectivity index (χ3v) is 3.90. The second-order valence-electron chi connectivity index (χ2n) is 4.82. The topological polar surface area (TPSA) is 45.8 Å². The summed E-state index contributed by atoms with van der Waals surface area (Å²) in [5.74, 6) is 0. The van der Waals surface area contributed by atoms with E-state index in [9.17, 15) is 4.79 Å². The Bertz CT molecular complexity index is 775. The monoisotopic (exact) mass is 282 g/mol. The molecule has 3 aromatic rings. The van der Waals surface area contributed by atoms with Gasteiger partial charge in [-0.3, -0.25) is 4.79 Å². The van der Waals surface area contributed by atoms with E-state index >= 15 is 0 Å². The summed E-state index contributed by atoms with van der Waals surface area (Å²) in [7, 11) is 0. The number of benzene rings is 2. The predicted molar refractivity (Wildman–Crippen MR) is 82.2 cm³/mol. The van der Waals surface area contributed by atoms with Crippen LogP contribution in [0, 0.1) is 13.8 Å². The molecule has 4 heteroatoms. The minimum absolute atomic E-state index is 0.000720. The van der Waals surface area contributed by atoms with Crippen molar-refractivity contribution >= 4 is 27.9 Å². The average molecular weight is 282 g/mol. The predicted octanol–water partition coefficient (Wildman–Crippen LogP) is 4.11. The molecule has 0 amide bonds. The van der Waals surface area contributed by atoms with E-state index in [1.54, 1.807) is 0 Å². The van der Waals surface area contributed by atoms with Crippen molar-refractivity contribution in [3.8, 4) is 0 Å². The van der Waals surface area contributed by atoms with E-state index in [0.29, 0.717) is 10.7 Å². The van der Waals surface area contributed by atoms with E-state index < -0.39 is 0 Å². The summed E-state index contributed by atoms with van der Waals surface area (Å²) in [6.07, 6.45) is 0. The number of fused-ring (bicyclic) bond motifs is 1. The van der Waals surface area contributed by atoms with Gasteiger partial charge in [0.1, 0.15) is 0 Å². The molecular weight excluding hydrogens is 268 g/mol. The lowest BCUT2D eigenvalue weighted by molar-refractivity contribution is 0.108. The van der Waals surface area contributed by atoms with Crippen LogP contribution in [-0.4, -0.2) is 15.1 Å². The van der Waals surface area contributed by atoms with Gasteiger partial charge in [-0.1, -0.05) is 35.9 Å². The van der Waals surface area contributed by atoms with Gasteiger partial charge in [0, 0.05) is 5.56 Å². The van der Waals surface area contributed by atoms with Gasteiger partial charge in [-0.2, -0.15) is 0 Å². The number of aryl methyl sites for hydroxylation is 2. The van der Waals surface area contributed by atoms with Gasteiger partial charge in [0.2, 0.25) is 5.12 Å². The van der Waals surface area contributed by atoms with Crippen molar-refractivity contribution < 1.29 is 4.79 Å². The fourth-order valence-corrected chi connectivity index (χ4v) is 2.72. The molecule has 0 radical (unpaired) electrons. The maximum absolute atomic E-state index is 12.2. The summed E-state index contributed by atoms with van der Waals surface area (Å²) in [6.45, 7) is 4.04. The summed E-state index contributed by atoms with van der Waals surface area (Å²) in [5, 5.41) is 0.636. The highest BCUT2D eigenvalue weighted by Crippen LogP contribution is 2.23. The molecule has 20 heavy (non-hydrogen) atoms. The molecule has 0 aliphatic carbocycles. The molecule has 0 unspecified atom stereocenters. The van der Waals surface area contributed by atoms with Crippen molar-refractivity contribution in [3.05, 3.63) is 59.2 Å². The first-order valence-electron chi connectivity index (χ1n) is 6.37. The molecule has 1 heterocycles. The van der Waals surface area contributed by atoms with E-state index in [1.165, 1.54) is 5.56 Å². The van der Waals surface area contributed by atoms with Crippen molar-refractivity contribution in [2.24, 2.45) is 0 Å². The molecule has 3 nitrogen and oxygen atoms in total. The molecule has 0 atom stereocenters. The van der Waals surface area contributed by atoms with Gasteiger partial charge in [0.25, 0.3) is 0 Å². The number of nitrogens with zero attached hydrogens (tertiary/aromatic N) is 1. The SMILES string of the molecule is Cc1ccc(C(=O)Sc2nc3ccc(C)cc3[nH]2)cc1. The molecule has 0 spiro atoms. The number of hydrogen-bond donors (Lipinski definition) is 1. The van der Waals surface area contributed by atoms with Crippen LogP contribution >= 0.6 is 11.8 Å². The maximum Gasteiger partial charge on any atom is 0.227 e. The van der Waals surface area contributed by atoms with E-state index in [1.807, 2.05) is 56.3 Å². The molecule has 0 aliphatic heterocycles. The molecule has 0 saturated carbocycles. The Morgan fingerprint density at radius 3 is 2.50 bits per heavy atom. The quantitative estimate of drug-likeness (QED) is 0.719. The second kappa shape index (κ2) is 5.13. The summed E-state index contributed by atoms with van der Waals surface area (Å²) < 4.78 is 0. The van der Waals surface area contributed by atoms with E-state index in [2.05, 4.69) is 9.97 Å². The van der Waals surface area contributed by atoms with Crippen molar-refractivity contribution in [2.75, 3.05) is 0 Å².